The van der Waals surface area contributed by atoms with E-state index in [1.807, 2.05) is 30.5 Å². The number of rotatable bonds is 2. The third-order valence-corrected chi connectivity index (χ3v) is 2.50. The van der Waals surface area contributed by atoms with E-state index < -0.39 is 6.10 Å². The van der Waals surface area contributed by atoms with E-state index >= 15 is 0 Å². The number of hydrogen-bond donors (Lipinski definition) is 3. The Morgan fingerprint density at radius 1 is 1.36 bits per heavy atom. The molecule has 1 aromatic heterocycles. The SMILES string of the molecule is C[C@@H](O)[C@@H](N)c1cccc2cc[nH]c12. The van der Waals surface area contributed by atoms with Crippen LogP contribution in [-0.2, 0) is 0 Å². The lowest BCUT2D eigenvalue weighted by Crippen LogP contribution is -2.23. The summed E-state index contributed by atoms with van der Waals surface area (Å²) in [6.45, 7) is 1.70. The molecule has 1 heterocycles. The molecule has 0 aliphatic carbocycles. The van der Waals surface area contributed by atoms with E-state index in [9.17, 15) is 5.11 Å². The second kappa shape index (κ2) is 3.44. The minimum absolute atomic E-state index is 0.336. The number of fused-ring (bicyclic) bond motifs is 1. The standard InChI is InChI=1S/C11H14N2O/c1-7(14)10(12)9-4-2-3-8-5-6-13-11(8)9/h2-7,10,13-14H,12H2,1H3/t7-,10-/m1/s1. The first-order valence-corrected chi connectivity index (χ1v) is 4.70. The van der Waals surface area contributed by atoms with Crippen molar-refractivity contribution >= 4 is 10.9 Å². The second-order valence-corrected chi connectivity index (χ2v) is 3.56. The molecule has 2 atom stereocenters. The van der Waals surface area contributed by atoms with E-state index in [-0.39, 0.29) is 6.04 Å². The Kier molecular flexibility index (Phi) is 2.27. The van der Waals surface area contributed by atoms with Crippen LogP contribution in [0.5, 0.6) is 0 Å². The minimum atomic E-state index is -0.538. The predicted octanol–water partition coefficient (Wildman–Crippen LogP) is 1.55. The number of nitrogens with one attached hydrogen (secondary N) is 1. The summed E-state index contributed by atoms with van der Waals surface area (Å²) in [4.78, 5) is 3.13. The molecule has 0 radical (unpaired) electrons. The summed E-state index contributed by atoms with van der Waals surface area (Å²) in [6, 6.07) is 7.57. The molecule has 2 aromatic rings. The molecule has 3 nitrogen and oxygen atoms in total. The molecule has 0 saturated heterocycles. The van der Waals surface area contributed by atoms with Gasteiger partial charge in [-0.25, -0.2) is 0 Å². The van der Waals surface area contributed by atoms with Gasteiger partial charge in [0.15, 0.2) is 0 Å². The largest absolute Gasteiger partial charge is 0.391 e. The van der Waals surface area contributed by atoms with Gasteiger partial charge < -0.3 is 15.8 Å². The fourth-order valence-electron chi connectivity index (χ4n) is 1.65. The smallest absolute Gasteiger partial charge is 0.0705 e. The summed E-state index contributed by atoms with van der Waals surface area (Å²) < 4.78 is 0. The lowest BCUT2D eigenvalue weighted by molar-refractivity contribution is 0.165. The Balaban J connectivity index is 2.56. The quantitative estimate of drug-likeness (QED) is 0.672. The maximum Gasteiger partial charge on any atom is 0.0705 e. The van der Waals surface area contributed by atoms with Crippen LogP contribution in [-0.4, -0.2) is 16.2 Å². The Labute approximate surface area is 82.6 Å². The van der Waals surface area contributed by atoms with Crippen molar-refractivity contribution in [3.8, 4) is 0 Å². The van der Waals surface area contributed by atoms with Crippen molar-refractivity contribution in [2.75, 3.05) is 0 Å². The Morgan fingerprint density at radius 3 is 2.86 bits per heavy atom. The first kappa shape index (κ1) is 9.24. The fraction of sp³-hybridized carbons (Fsp3) is 0.273. The second-order valence-electron chi connectivity index (χ2n) is 3.56. The van der Waals surface area contributed by atoms with Crippen molar-refractivity contribution in [1.82, 2.24) is 4.98 Å². The molecule has 0 aliphatic heterocycles. The van der Waals surface area contributed by atoms with Gasteiger partial charge in [-0.05, 0) is 23.9 Å². The van der Waals surface area contributed by atoms with E-state index in [4.69, 9.17) is 5.73 Å². The zero-order valence-corrected chi connectivity index (χ0v) is 8.07. The van der Waals surface area contributed by atoms with E-state index in [2.05, 4.69) is 4.98 Å². The number of aliphatic hydroxyl groups excluding tert-OH is 1. The minimum Gasteiger partial charge on any atom is -0.391 e. The van der Waals surface area contributed by atoms with Gasteiger partial charge in [-0.2, -0.15) is 0 Å². The maximum atomic E-state index is 9.43. The maximum absolute atomic E-state index is 9.43. The van der Waals surface area contributed by atoms with Crippen LogP contribution in [0, 0.1) is 0 Å². The highest BCUT2D eigenvalue weighted by molar-refractivity contribution is 5.82. The third kappa shape index (κ3) is 1.41. The normalized spacial score (nSPS) is 15.6. The van der Waals surface area contributed by atoms with Crippen LogP contribution in [0.25, 0.3) is 10.9 Å². The number of nitrogens with two attached hydrogens (primary N) is 1. The molecular formula is C11H14N2O. The first-order chi connectivity index (χ1) is 6.70. The molecule has 1 aromatic carbocycles. The average Bonchev–Trinajstić information content (AvgIpc) is 2.63. The van der Waals surface area contributed by atoms with Crippen LogP contribution in [0.4, 0.5) is 0 Å². The van der Waals surface area contributed by atoms with Crippen molar-refractivity contribution in [1.29, 1.82) is 0 Å². The molecule has 4 N–H and O–H groups in total. The summed E-state index contributed by atoms with van der Waals surface area (Å²) in [7, 11) is 0. The molecule has 0 fully saturated rings. The van der Waals surface area contributed by atoms with Crippen LogP contribution in [0.3, 0.4) is 0 Å². The van der Waals surface area contributed by atoms with E-state index in [0.717, 1.165) is 16.5 Å². The summed E-state index contributed by atoms with van der Waals surface area (Å²) in [5, 5.41) is 10.6. The van der Waals surface area contributed by atoms with Crippen molar-refractivity contribution in [3.63, 3.8) is 0 Å². The lowest BCUT2D eigenvalue weighted by Gasteiger charge is -2.15. The van der Waals surface area contributed by atoms with E-state index in [1.165, 1.54) is 0 Å². The van der Waals surface area contributed by atoms with Crippen LogP contribution in [0.15, 0.2) is 30.5 Å². The summed E-state index contributed by atoms with van der Waals surface area (Å²) >= 11 is 0. The Bertz CT molecular complexity index is 434. The number of hydrogen-bond acceptors (Lipinski definition) is 2. The predicted molar refractivity (Wildman–Crippen MR) is 56.9 cm³/mol. The number of benzene rings is 1. The molecular weight excluding hydrogens is 176 g/mol. The lowest BCUT2D eigenvalue weighted by atomic mass is 10.0. The van der Waals surface area contributed by atoms with Gasteiger partial charge in [0, 0.05) is 6.20 Å². The summed E-state index contributed by atoms with van der Waals surface area (Å²) in [6.07, 6.45) is 1.34. The monoisotopic (exact) mass is 190 g/mol. The molecule has 14 heavy (non-hydrogen) atoms. The zero-order chi connectivity index (χ0) is 10.1. The molecule has 0 bridgehead atoms. The van der Waals surface area contributed by atoms with E-state index in [1.54, 1.807) is 6.92 Å². The summed E-state index contributed by atoms with van der Waals surface area (Å²) in [5.74, 6) is 0. The highest BCUT2D eigenvalue weighted by Gasteiger charge is 2.14. The number of aromatic nitrogens is 1. The van der Waals surface area contributed by atoms with Crippen molar-refractivity contribution in [2.45, 2.75) is 19.1 Å². The summed E-state index contributed by atoms with van der Waals surface area (Å²) in [5.41, 5.74) is 7.87. The molecule has 0 aliphatic rings. The first-order valence-electron chi connectivity index (χ1n) is 4.70. The van der Waals surface area contributed by atoms with Crippen LogP contribution in [0.1, 0.15) is 18.5 Å². The van der Waals surface area contributed by atoms with Crippen molar-refractivity contribution < 1.29 is 5.11 Å². The molecule has 3 heteroatoms. The average molecular weight is 190 g/mol. The van der Waals surface area contributed by atoms with E-state index in [0.29, 0.717) is 0 Å². The van der Waals surface area contributed by atoms with Crippen molar-refractivity contribution in [2.24, 2.45) is 5.73 Å². The van der Waals surface area contributed by atoms with Crippen molar-refractivity contribution in [3.05, 3.63) is 36.0 Å². The van der Waals surface area contributed by atoms with Gasteiger partial charge in [0.2, 0.25) is 0 Å². The number of para-hydroxylation sites is 1. The zero-order valence-electron chi connectivity index (χ0n) is 8.07. The van der Waals surface area contributed by atoms with Gasteiger partial charge in [-0.3, -0.25) is 0 Å². The molecule has 74 valence electrons. The number of aliphatic hydroxyl groups is 1. The van der Waals surface area contributed by atoms with Gasteiger partial charge in [0.1, 0.15) is 0 Å². The molecule has 0 saturated carbocycles. The Morgan fingerprint density at radius 2 is 2.14 bits per heavy atom. The number of aromatic amines is 1. The molecule has 2 rings (SSSR count). The van der Waals surface area contributed by atoms with Crippen LogP contribution < -0.4 is 5.73 Å². The van der Waals surface area contributed by atoms with Gasteiger partial charge in [0.05, 0.1) is 17.7 Å². The molecule has 0 amide bonds. The van der Waals surface area contributed by atoms with Gasteiger partial charge >= 0.3 is 0 Å². The topological polar surface area (TPSA) is 62.0 Å². The Hall–Kier alpha value is -1.32. The molecule has 0 unspecified atom stereocenters. The van der Waals surface area contributed by atoms with Gasteiger partial charge in [0.25, 0.3) is 0 Å². The van der Waals surface area contributed by atoms with Gasteiger partial charge in [-0.1, -0.05) is 18.2 Å². The third-order valence-electron chi connectivity index (χ3n) is 2.50. The van der Waals surface area contributed by atoms with Crippen LogP contribution >= 0.6 is 0 Å². The number of H-pyrrole nitrogens is 1. The van der Waals surface area contributed by atoms with Crippen LogP contribution in [0.2, 0.25) is 0 Å². The molecule has 0 spiro atoms. The highest BCUT2D eigenvalue weighted by Crippen LogP contribution is 2.23. The fourth-order valence-corrected chi connectivity index (χ4v) is 1.65. The van der Waals surface area contributed by atoms with Gasteiger partial charge in [-0.15, -0.1) is 0 Å². The highest BCUT2D eigenvalue weighted by atomic mass is 16.3.